The van der Waals surface area contributed by atoms with Gasteiger partial charge in [-0.25, -0.2) is 8.42 Å². The summed E-state index contributed by atoms with van der Waals surface area (Å²) >= 11 is 1.50. The third-order valence-electron chi connectivity index (χ3n) is 7.02. The molecule has 0 saturated heterocycles. The van der Waals surface area contributed by atoms with Crippen molar-refractivity contribution >= 4 is 39.3 Å². The van der Waals surface area contributed by atoms with Crippen molar-refractivity contribution in [3.8, 4) is 11.5 Å². The van der Waals surface area contributed by atoms with E-state index in [4.69, 9.17) is 9.47 Å². The fraction of sp³-hybridized carbons (Fsp3) is 0.375. The van der Waals surface area contributed by atoms with Crippen molar-refractivity contribution in [2.75, 3.05) is 30.8 Å². The summed E-state index contributed by atoms with van der Waals surface area (Å²) in [5, 5.41) is 2.94. The van der Waals surface area contributed by atoms with Gasteiger partial charge in [0.05, 0.1) is 24.3 Å². The van der Waals surface area contributed by atoms with Gasteiger partial charge in [0.25, 0.3) is 10.0 Å². The summed E-state index contributed by atoms with van der Waals surface area (Å²) in [6.07, 6.45) is 2.63. The van der Waals surface area contributed by atoms with Gasteiger partial charge in [-0.1, -0.05) is 19.1 Å². The monoisotopic (exact) mass is 627 g/mol. The average molecular weight is 628 g/mol. The van der Waals surface area contributed by atoms with Crippen molar-refractivity contribution in [2.45, 2.75) is 62.5 Å². The van der Waals surface area contributed by atoms with E-state index in [9.17, 15) is 18.0 Å². The van der Waals surface area contributed by atoms with Crippen LogP contribution in [-0.4, -0.2) is 63.7 Å². The van der Waals surface area contributed by atoms with E-state index in [0.717, 1.165) is 21.2 Å². The number of rotatable bonds is 15. The van der Waals surface area contributed by atoms with Gasteiger partial charge in [-0.3, -0.25) is 13.9 Å². The number of thioether (sulfide) groups is 1. The predicted octanol–water partition coefficient (Wildman–Crippen LogP) is 5.34. The first-order valence-electron chi connectivity index (χ1n) is 14.2. The molecular weight excluding hydrogens is 587 g/mol. The van der Waals surface area contributed by atoms with Crippen LogP contribution in [-0.2, 0) is 26.2 Å². The van der Waals surface area contributed by atoms with Crippen LogP contribution in [0.15, 0.2) is 82.6 Å². The van der Waals surface area contributed by atoms with Gasteiger partial charge in [0.2, 0.25) is 11.8 Å². The molecular formula is C32H41N3O6S2. The van der Waals surface area contributed by atoms with E-state index in [1.807, 2.05) is 33.1 Å². The highest BCUT2D eigenvalue weighted by molar-refractivity contribution is 7.98. The van der Waals surface area contributed by atoms with E-state index < -0.39 is 28.5 Å². The Kier molecular flexibility index (Phi) is 12.3. The second kappa shape index (κ2) is 15.7. The van der Waals surface area contributed by atoms with E-state index >= 15 is 0 Å². The molecule has 0 aliphatic rings. The number of anilines is 1. The highest BCUT2D eigenvalue weighted by atomic mass is 32.2. The van der Waals surface area contributed by atoms with E-state index in [0.29, 0.717) is 23.8 Å². The van der Waals surface area contributed by atoms with Gasteiger partial charge in [-0.15, -0.1) is 11.8 Å². The maximum absolute atomic E-state index is 14.1. The second-order valence-corrected chi connectivity index (χ2v) is 12.7. The van der Waals surface area contributed by atoms with Crippen molar-refractivity contribution < 1.29 is 27.5 Å². The number of hydrogen-bond donors (Lipinski definition) is 1. The topological polar surface area (TPSA) is 105 Å². The van der Waals surface area contributed by atoms with E-state index in [1.54, 1.807) is 68.6 Å². The van der Waals surface area contributed by atoms with Gasteiger partial charge in [0.1, 0.15) is 24.1 Å². The number of carbonyl (C=O) groups is 2. The predicted molar refractivity (Wildman–Crippen MR) is 171 cm³/mol. The highest BCUT2D eigenvalue weighted by Gasteiger charge is 2.33. The Morgan fingerprint density at radius 3 is 2.21 bits per heavy atom. The van der Waals surface area contributed by atoms with Crippen LogP contribution in [0, 0.1) is 0 Å². The zero-order valence-electron chi connectivity index (χ0n) is 25.6. The number of benzene rings is 3. The Morgan fingerprint density at radius 1 is 0.953 bits per heavy atom. The number of hydrogen-bond acceptors (Lipinski definition) is 7. The van der Waals surface area contributed by atoms with Crippen LogP contribution in [0.2, 0.25) is 0 Å². The van der Waals surface area contributed by atoms with Crippen molar-refractivity contribution in [3.05, 3.63) is 78.4 Å². The van der Waals surface area contributed by atoms with E-state index in [-0.39, 0.29) is 23.4 Å². The Labute approximate surface area is 259 Å². The molecule has 2 amide bonds. The number of amides is 2. The summed E-state index contributed by atoms with van der Waals surface area (Å²) in [6, 6.07) is 19.3. The molecule has 9 nitrogen and oxygen atoms in total. The summed E-state index contributed by atoms with van der Waals surface area (Å²) in [4.78, 5) is 29.7. The number of nitrogens with one attached hydrogen (secondary N) is 1. The Balaban J connectivity index is 2.04. The van der Waals surface area contributed by atoms with Crippen LogP contribution in [0.25, 0.3) is 0 Å². The molecule has 0 radical (unpaired) electrons. The van der Waals surface area contributed by atoms with Gasteiger partial charge in [0, 0.05) is 17.5 Å². The lowest BCUT2D eigenvalue weighted by Gasteiger charge is -2.32. The van der Waals surface area contributed by atoms with Crippen LogP contribution in [0.1, 0.15) is 39.7 Å². The minimum absolute atomic E-state index is 0.0499. The SMILES string of the molecule is CCOc1ccc(N(CC(=O)N(Cc2cccc(OC)c2)[C@@H](C)C(=O)N[C@H](C)CC)S(=O)(=O)c2ccc(SC)cc2)cc1. The molecule has 43 heavy (non-hydrogen) atoms. The standard InChI is InChI=1S/C32H41N3O6S2/c1-7-23(3)33-32(37)24(4)34(21-25-10-9-11-28(20-25)40-5)31(36)22-35(26-12-14-27(15-13-26)41-8-2)43(38,39)30-18-16-29(42-6)17-19-30/h9-20,23-24H,7-8,21-22H2,1-6H3,(H,33,37)/t23-,24+/m1/s1. The molecule has 0 saturated carbocycles. The van der Waals surface area contributed by atoms with Crippen LogP contribution in [0.3, 0.4) is 0 Å². The minimum Gasteiger partial charge on any atom is -0.497 e. The van der Waals surface area contributed by atoms with Gasteiger partial charge < -0.3 is 19.7 Å². The average Bonchev–Trinajstić information content (AvgIpc) is 3.02. The zero-order chi connectivity index (χ0) is 31.6. The molecule has 0 aromatic heterocycles. The number of carbonyl (C=O) groups excluding carboxylic acids is 2. The van der Waals surface area contributed by atoms with Crippen LogP contribution >= 0.6 is 11.8 Å². The third kappa shape index (κ3) is 8.90. The summed E-state index contributed by atoms with van der Waals surface area (Å²) in [5.41, 5.74) is 1.03. The second-order valence-electron chi connectivity index (χ2n) is 9.98. The van der Waals surface area contributed by atoms with Gasteiger partial charge in [-0.05, 0) is 99.7 Å². The molecule has 11 heteroatoms. The largest absolute Gasteiger partial charge is 0.497 e. The van der Waals surface area contributed by atoms with E-state index in [2.05, 4.69) is 5.32 Å². The number of sulfonamides is 1. The fourth-order valence-electron chi connectivity index (χ4n) is 4.29. The Bertz CT molecular complexity index is 1460. The molecule has 232 valence electrons. The molecule has 0 aliphatic heterocycles. The highest BCUT2D eigenvalue weighted by Crippen LogP contribution is 2.28. The summed E-state index contributed by atoms with van der Waals surface area (Å²) in [6.45, 7) is 7.36. The molecule has 1 N–H and O–H groups in total. The van der Waals surface area contributed by atoms with Crippen LogP contribution in [0.5, 0.6) is 11.5 Å². The van der Waals surface area contributed by atoms with Gasteiger partial charge in [-0.2, -0.15) is 0 Å². The van der Waals surface area contributed by atoms with Crippen molar-refractivity contribution in [3.63, 3.8) is 0 Å². The molecule has 0 heterocycles. The minimum atomic E-state index is -4.17. The zero-order valence-corrected chi connectivity index (χ0v) is 27.2. The summed E-state index contributed by atoms with van der Waals surface area (Å²) in [5.74, 6) is 0.324. The van der Waals surface area contributed by atoms with Crippen molar-refractivity contribution in [2.24, 2.45) is 0 Å². The van der Waals surface area contributed by atoms with Crippen LogP contribution < -0.4 is 19.1 Å². The lowest BCUT2D eigenvalue weighted by molar-refractivity contribution is -0.139. The molecule has 3 aromatic carbocycles. The molecule has 0 fully saturated rings. The Hall–Kier alpha value is -3.70. The number of methoxy groups -OCH3 is 1. The molecule has 2 atom stereocenters. The fourth-order valence-corrected chi connectivity index (χ4v) is 6.12. The Morgan fingerprint density at radius 2 is 1.63 bits per heavy atom. The lowest BCUT2D eigenvalue weighted by Crippen LogP contribution is -2.52. The van der Waals surface area contributed by atoms with Crippen molar-refractivity contribution in [1.29, 1.82) is 0 Å². The maximum Gasteiger partial charge on any atom is 0.264 e. The lowest BCUT2D eigenvalue weighted by atomic mass is 10.1. The van der Waals surface area contributed by atoms with Gasteiger partial charge >= 0.3 is 0 Å². The van der Waals surface area contributed by atoms with Crippen molar-refractivity contribution in [1.82, 2.24) is 10.2 Å². The maximum atomic E-state index is 14.1. The molecule has 0 aliphatic carbocycles. The molecule has 0 unspecified atom stereocenters. The van der Waals surface area contributed by atoms with Gasteiger partial charge in [0.15, 0.2) is 0 Å². The smallest absolute Gasteiger partial charge is 0.264 e. The van der Waals surface area contributed by atoms with E-state index in [1.165, 1.54) is 28.8 Å². The number of ether oxygens (including phenoxy) is 2. The number of nitrogens with zero attached hydrogens (tertiary/aromatic N) is 2. The first-order valence-corrected chi connectivity index (χ1v) is 16.8. The first-order chi connectivity index (χ1) is 20.5. The quantitative estimate of drug-likeness (QED) is 0.227. The van der Waals surface area contributed by atoms with Crippen LogP contribution in [0.4, 0.5) is 5.69 Å². The molecule has 0 spiro atoms. The normalized spacial score (nSPS) is 12.6. The first kappa shape index (κ1) is 33.8. The summed E-state index contributed by atoms with van der Waals surface area (Å²) < 4.78 is 40.1. The molecule has 3 aromatic rings. The third-order valence-corrected chi connectivity index (χ3v) is 9.55. The molecule has 0 bridgehead atoms. The summed E-state index contributed by atoms with van der Waals surface area (Å²) in [7, 11) is -2.62. The molecule has 3 rings (SSSR count).